The third-order valence-corrected chi connectivity index (χ3v) is 7.40. The number of rotatable bonds is 7. The Morgan fingerprint density at radius 2 is 1.55 bits per heavy atom. The zero-order chi connectivity index (χ0) is 29.4. The van der Waals surface area contributed by atoms with Crippen LogP contribution in [0, 0.1) is 12.8 Å². The maximum absolute atomic E-state index is 13.6. The van der Waals surface area contributed by atoms with Crippen molar-refractivity contribution in [3.8, 4) is 5.75 Å². The predicted molar refractivity (Wildman–Crippen MR) is 162 cm³/mol. The zero-order valence-electron chi connectivity index (χ0n) is 24.9. The number of Topliss-reactive ketones (excluding diaryl/α,β-unsaturated/α-hetero) is 1. The molecule has 1 unspecified atom stereocenters. The SMILES string of the molecule is Cc1cc(/C(O)=C2/C(=O)C(=O)N(c3ccc(C(C)C)cc3)C2c2ccc(C(C)(C)C)cc2)ccc1OCC(C)C. The molecule has 5 nitrogen and oxygen atoms in total. The van der Waals surface area contributed by atoms with Gasteiger partial charge >= 0.3 is 0 Å². The smallest absolute Gasteiger partial charge is 0.300 e. The summed E-state index contributed by atoms with van der Waals surface area (Å²) in [6, 6.07) is 20.3. The standard InChI is InChI=1S/C35H41NO4/c1-21(2)20-40-29-18-13-26(19-23(29)5)32(37)30-31(25-9-14-27(15-10-25)35(6,7)8)36(34(39)33(30)38)28-16-11-24(12-17-28)22(3)4/h9-19,21-22,31,37H,20H2,1-8H3/b32-30-. The molecule has 0 aromatic heterocycles. The molecule has 5 heteroatoms. The van der Waals surface area contributed by atoms with E-state index < -0.39 is 17.7 Å². The lowest BCUT2D eigenvalue weighted by molar-refractivity contribution is -0.132. The van der Waals surface area contributed by atoms with Gasteiger partial charge in [0.05, 0.1) is 18.2 Å². The van der Waals surface area contributed by atoms with Gasteiger partial charge in [0.1, 0.15) is 11.5 Å². The Kier molecular flexibility index (Phi) is 8.25. The number of amides is 1. The summed E-state index contributed by atoms with van der Waals surface area (Å²) in [7, 11) is 0. The summed E-state index contributed by atoms with van der Waals surface area (Å²) >= 11 is 0. The average Bonchev–Trinajstić information content (AvgIpc) is 3.17. The third kappa shape index (κ3) is 5.84. The highest BCUT2D eigenvalue weighted by molar-refractivity contribution is 6.51. The summed E-state index contributed by atoms with van der Waals surface area (Å²) in [5.41, 5.74) is 5.00. The number of carbonyl (C=O) groups is 2. The third-order valence-electron chi connectivity index (χ3n) is 7.40. The molecule has 1 atom stereocenters. The molecule has 1 N–H and O–H groups in total. The number of ketones is 1. The van der Waals surface area contributed by atoms with E-state index in [0.717, 1.165) is 28.0 Å². The molecule has 210 valence electrons. The second-order valence-corrected chi connectivity index (χ2v) is 12.5. The van der Waals surface area contributed by atoms with Gasteiger partial charge in [0.15, 0.2) is 0 Å². The van der Waals surface area contributed by atoms with E-state index >= 15 is 0 Å². The Morgan fingerprint density at radius 3 is 2.08 bits per heavy atom. The van der Waals surface area contributed by atoms with Gasteiger partial charge in [-0.1, -0.05) is 84.9 Å². The van der Waals surface area contributed by atoms with Crippen LogP contribution in [-0.4, -0.2) is 23.4 Å². The molecule has 1 fully saturated rings. The Morgan fingerprint density at radius 1 is 0.925 bits per heavy atom. The van der Waals surface area contributed by atoms with Crippen LogP contribution < -0.4 is 9.64 Å². The van der Waals surface area contributed by atoms with Crippen molar-refractivity contribution < 1.29 is 19.4 Å². The minimum atomic E-state index is -0.768. The van der Waals surface area contributed by atoms with Gasteiger partial charge in [0.25, 0.3) is 11.7 Å². The summed E-state index contributed by atoms with van der Waals surface area (Å²) < 4.78 is 5.90. The van der Waals surface area contributed by atoms with Gasteiger partial charge in [-0.25, -0.2) is 0 Å². The quantitative estimate of drug-likeness (QED) is 0.187. The summed E-state index contributed by atoms with van der Waals surface area (Å²) in [6.45, 7) is 17.3. The Labute approximate surface area is 238 Å². The lowest BCUT2D eigenvalue weighted by atomic mass is 9.85. The Hall–Kier alpha value is -3.86. The molecule has 1 saturated heterocycles. The number of anilines is 1. The number of hydrogen-bond acceptors (Lipinski definition) is 4. The van der Waals surface area contributed by atoms with Crippen molar-refractivity contribution in [1.29, 1.82) is 0 Å². The molecule has 40 heavy (non-hydrogen) atoms. The number of hydrogen-bond donors (Lipinski definition) is 1. The van der Waals surface area contributed by atoms with Gasteiger partial charge in [-0.15, -0.1) is 0 Å². The van der Waals surface area contributed by atoms with E-state index in [1.165, 1.54) is 4.90 Å². The first kappa shape index (κ1) is 29.1. The molecule has 1 amide bonds. The van der Waals surface area contributed by atoms with Crippen LogP contribution in [0.3, 0.4) is 0 Å². The first-order chi connectivity index (χ1) is 18.8. The topological polar surface area (TPSA) is 66.8 Å². The molecule has 0 radical (unpaired) electrons. The van der Waals surface area contributed by atoms with Crippen LogP contribution in [0.4, 0.5) is 5.69 Å². The van der Waals surface area contributed by atoms with E-state index in [0.29, 0.717) is 29.7 Å². The Balaban J connectivity index is 1.85. The Bertz CT molecular complexity index is 1420. The van der Waals surface area contributed by atoms with Crippen molar-refractivity contribution in [3.63, 3.8) is 0 Å². The number of aryl methyl sites for hydroxylation is 1. The molecule has 3 aromatic rings. The minimum Gasteiger partial charge on any atom is -0.507 e. The normalized spacial score (nSPS) is 17.2. The van der Waals surface area contributed by atoms with E-state index in [9.17, 15) is 14.7 Å². The number of ether oxygens (including phenoxy) is 1. The van der Waals surface area contributed by atoms with Crippen molar-refractivity contribution in [2.75, 3.05) is 11.5 Å². The van der Waals surface area contributed by atoms with E-state index in [2.05, 4.69) is 48.5 Å². The van der Waals surface area contributed by atoms with Crippen LogP contribution in [0.2, 0.25) is 0 Å². The molecule has 1 heterocycles. The fraction of sp³-hybridized carbons (Fsp3) is 0.371. The summed E-state index contributed by atoms with van der Waals surface area (Å²) in [6.07, 6.45) is 0. The molecular formula is C35H41NO4. The van der Waals surface area contributed by atoms with Gasteiger partial charge in [-0.3, -0.25) is 14.5 Å². The summed E-state index contributed by atoms with van der Waals surface area (Å²) in [4.78, 5) is 28.7. The average molecular weight is 540 g/mol. The van der Waals surface area contributed by atoms with Crippen LogP contribution in [0.25, 0.3) is 5.76 Å². The summed E-state index contributed by atoms with van der Waals surface area (Å²) in [5, 5.41) is 11.6. The molecular weight excluding hydrogens is 498 g/mol. The zero-order valence-corrected chi connectivity index (χ0v) is 24.9. The van der Waals surface area contributed by atoms with E-state index in [1.807, 2.05) is 55.5 Å². The number of carbonyl (C=O) groups excluding carboxylic acids is 2. The van der Waals surface area contributed by atoms with Crippen molar-refractivity contribution in [2.45, 2.75) is 72.8 Å². The first-order valence-corrected chi connectivity index (χ1v) is 14.0. The van der Waals surface area contributed by atoms with Crippen LogP contribution >= 0.6 is 0 Å². The molecule has 0 aliphatic carbocycles. The lowest BCUT2D eigenvalue weighted by Crippen LogP contribution is -2.29. The number of aliphatic hydroxyl groups is 1. The van der Waals surface area contributed by atoms with Gasteiger partial charge in [-0.05, 0) is 76.8 Å². The molecule has 0 bridgehead atoms. The molecule has 1 aliphatic rings. The van der Waals surface area contributed by atoms with Crippen LogP contribution in [-0.2, 0) is 15.0 Å². The van der Waals surface area contributed by atoms with Crippen molar-refractivity contribution >= 4 is 23.1 Å². The fourth-order valence-corrected chi connectivity index (χ4v) is 4.97. The van der Waals surface area contributed by atoms with Crippen molar-refractivity contribution in [3.05, 3.63) is 100 Å². The van der Waals surface area contributed by atoms with Crippen LogP contribution in [0.15, 0.2) is 72.3 Å². The van der Waals surface area contributed by atoms with Crippen molar-refractivity contribution in [2.24, 2.45) is 5.92 Å². The number of nitrogens with zero attached hydrogens (tertiary/aromatic N) is 1. The molecule has 0 saturated carbocycles. The van der Waals surface area contributed by atoms with Crippen LogP contribution in [0.5, 0.6) is 5.75 Å². The molecule has 0 spiro atoms. The largest absolute Gasteiger partial charge is 0.507 e. The molecule has 3 aromatic carbocycles. The van der Waals surface area contributed by atoms with Gasteiger partial charge in [0, 0.05) is 11.3 Å². The van der Waals surface area contributed by atoms with E-state index in [1.54, 1.807) is 18.2 Å². The maximum atomic E-state index is 13.6. The highest BCUT2D eigenvalue weighted by Gasteiger charge is 2.47. The molecule has 4 rings (SSSR count). The second kappa shape index (κ2) is 11.3. The minimum absolute atomic E-state index is 0.0517. The second-order valence-electron chi connectivity index (χ2n) is 12.5. The van der Waals surface area contributed by atoms with Crippen molar-refractivity contribution in [1.82, 2.24) is 0 Å². The molecule has 1 aliphatic heterocycles. The van der Waals surface area contributed by atoms with E-state index in [4.69, 9.17) is 4.74 Å². The van der Waals surface area contributed by atoms with E-state index in [-0.39, 0.29) is 16.7 Å². The lowest BCUT2D eigenvalue weighted by Gasteiger charge is -2.27. The highest BCUT2D eigenvalue weighted by atomic mass is 16.5. The fourth-order valence-electron chi connectivity index (χ4n) is 4.97. The number of benzene rings is 3. The van der Waals surface area contributed by atoms with Gasteiger partial charge in [0.2, 0.25) is 0 Å². The highest BCUT2D eigenvalue weighted by Crippen LogP contribution is 2.43. The monoisotopic (exact) mass is 539 g/mol. The van der Waals surface area contributed by atoms with Gasteiger partial charge in [-0.2, -0.15) is 0 Å². The first-order valence-electron chi connectivity index (χ1n) is 14.0. The van der Waals surface area contributed by atoms with Gasteiger partial charge < -0.3 is 9.84 Å². The number of aliphatic hydroxyl groups excluding tert-OH is 1. The predicted octanol–water partition coefficient (Wildman–Crippen LogP) is 8.08. The maximum Gasteiger partial charge on any atom is 0.300 e. The van der Waals surface area contributed by atoms with Crippen LogP contribution in [0.1, 0.15) is 88.2 Å². The summed E-state index contributed by atoms with van der Waals surface area (Å²) in [5.74, 6) is -0.109.